The molecule has 2 aromatic rings. The largest absolute Gasteiger partial charge is 0.378 e. The molecule has 2 heterocycles. The monoisotopic (exact) mass is 429 g/mol. The van der Waals surface area contributed by atoms with Crippen molar-refractivity contribution < 1.29 is 22.7 Å². The number of hydrogen-bond donors (Lipinski definition) is 1. The van der Waals surface area contributed by atoms with Crippen LogP contribution in [0.1, 0.15) is 19.3 Å². The minimum atomic E-state index is -3.85. The molecule has 2 aliphatic rings. The predicted molar refractivity (Wildman–Crippen MR) is 113 cm³/mol. The number of benzene rings is 2. The van der Waals surface area contributed by atoms with Gasteiger partial charge in [-0.1, -0.05) is 12.1 Å². The van der Waals surface area contributed by atoms with E-state index in [1.807, 2.05) is 12.1 Å². The summed E-state index contributed by atoms with van der Waals surface area (Å²) in [7, 11) is -3.85. The van der Waals surface area contributed by atoms with Crippen LogP contribution in [0.15, 0.2) is 53.4 Å². The maximum absolute atomic E-state index is 13.0. The van der Waals surface area contributed by atoms with Gasteiger partial charge in [0.1, 0.15) is 0 Å². The van der Waals surface area contributed by atoms with Crippen molar-refractivity contribution in [1.29, 1.82) is 0 Å². The summed E-state index contributed by atoms with van der Waals surface area (Å²) in [5.41, 5.74) is 1.67. The summed E-state index contributed by atoms with van der Waals surface area (Å²) in [6.07, 6.45) is 1.17. The Labute approximate surface area is 175 Å². The fraction of sp³-hybridized carbons (Fsp3) is 0.333. The van der Waals surface area contributed by atoms with Gasteiger partial charge in [-0.15, -0.1) is 0 Å². The Kier molecular flexibility index (Phi) is 5.74. The SMILES string of the molecule is O=C1CCCC(=O)N1c1ccc(S(=O)(=O)Nc2ccccc2N2CCOCC2)cc1. The topological polar surface area (TPSA) is 96.0 Å². The summed E-state index contributed by atoms with van der Waals surface area (Å²) in [5.74, 6) is -0.529. The molecule has 9 heteroatoms. The molecule has 1 N–H and O–H groups in total. The second-order valence-electron chi connectivity index (χ2n) is 7.19. The third kappa shape index (κ3) is 4.17. The maximum Gasteiger partial charge on any atom is 0.261 e. The van der Waals surface area contributed by atoms with E-state index in [-0.39, 0.29) is 16.7 Å². The fourth-order valence-electron chi connectivity index (χ4n) is 3.66. The molecule has 0 aromatic heterocycles. The van der Waals surface area contributed by atoms with Crippen LogP contribution in [0.3, 0.4) is 0 Å². The Morgan fingerprint density at radius 3 is 2.17 bits per heavy atom. The second kappa shape index (κ2) is 8.45. The molecule has 4 rings (SSSR count). The Balaban J connectivity index is 1.56. The normalized spacial score (nSPS) is 17.9. The lowest BCUT2D eigenvalue weighted by Crippen LogP contribution is -2.40. The van der Waals surface area contributed by atoms with Gasteiger partial charge in [0.05, 0.1) is 35.2 Å². The minimum Gasteiger partial charge on any atom is -0.378 e. The van der Waals surface area contributed by atoms with Gasteiger partial charge in [-0.05, 0) is 42.8 Å². The number of ether oxygens (including phenoxy) is 1. The molecule has 0 aliphatic carbocycles. The molecule has 30 heavy (non-hydrogen) atoms. The molecule has 2 fully saturated rings. The van der Waals surface area contributed by atoms with Crippen LogP contribution >= 0.6 is 0 Å². The van der Waals surface area contributed by atoms with Gasteiger partial charge in [0, 0.05) is 25.9 Å². The van der Waals surface area contributed by atoms with Gasteiger partial charge in [-0.3, -0.25) is 19.2 Å². The second-order valence-corrected chi connectivity index (χ2v) is 8.87. The number of hydrogen-bond acceptors (Lipinski definition) is 6. The number of para-hydroxylation sites is 2. The molecule has 158 valence electrons. The Hall–Kier alpha value is -2.91. The van der Waals surface area contributed by atoms with Gasteiger partial charge < -0.3 is 9.64 Å². The summed E-state index contributed by atoms with van der Waals surface area (Å²) < 4.78 is 33.9. The molecule has 2 amide bonds. The van der Waals surface area contributed by atoms with Crippen molar-refractivity contribution in [3.05, 3.63) is 48.5 Å². The quantitative estimate of drug-likeness (QED) is 0.733. The van der Waals surface area contributed by atoms with Gasteiger partial charge in [0.25, 0.3) is 10.0 Å². The number of carbonyl (C=O) groups is 2. The van der Waals surface area contributed by atoms with Crippen LogP contribution in [0.5, 0.6) is 0 Å². The summed E-state index contributed by atoms with van der Waals surface area (Å²) in [4.78, 5) is 27.4. The molecule has 2 saturated heterocycles. The van der Waals surface area contributed by atoms with E-state index in [2.05, 4.69) is 9.62 Å². The Morgan fingerprint density at radius 2 is 1.50 bits per heavy atom. The lowest BCUT2D eigenvalue weighted by Gasteiger charge is -2.30. The van der Waals surface area contributed by atoms with Crippen molar-refractivity contribution in [2.75, 3.05) is 40.8 Å². The van der Waals surface area contributed by atoms with Crippen molar-refractivity contribution in [2.45, 2.75) is 24.2 Å². The van der Waals surface area contributed by atoms with E-state index in [9.17, 15) is 18.0 Å². The zero-order chi connectivity index (χ0) is 21.1. The van der Waals surface area contributed by atoms with Crippen LogP contribution in [0, 0.1) is 0 Å². The number of sulfonamides is 1. The van der Waals surface area contributed by atoms with Gasteiger partial charge in [-0.2, -0.15) is 0 Å². The van der Waals surface area contributed by atoms with E-state index in [4.69, 9.17) is 4.74 Å². The van der Waals surface area contributed by atoms with E-state index in [1.165, 1.54) is 24.3 Å². The van der Waals surface area contributed by atoms with Gasteiger partial charge in [0.15, 0.2) is 0 Å². The summed E-state index contributed by atoms with van der Waals surface area (Å²) in [6.45, 7) is 2.56. The fourth-order valence-corrected chi connectivity index (χ4v) is 4.73. The first-order valence-electron chi connectivity index (χ1n) is 9.86. The number of imide groups is 1. The van der Waals surface area contributed by atoms with Gasteiger partial charge in [-0.25, -0.2) is 8.42 Å². The van der Waals surface area contributed by atoms with Gasteiger partial charge in [0.2, 0.25) is 11.8 Å². The van der Waals surface area contributed by atoms with Crippen LogP contribution in [0.25, 0.3) is 0 Å². The van der Waals surface area contributed by atoms with Crippen LogP contribution in [-0.2, 0) is 24.3 Å². The zero-order valence-corrected chi connectivity index (χ0v) is 17.2. The lowest BCUT2D eigenvalue weighted by molar-refractivity contribution is -0.129. The maximum atomic E-state index is 13.0. The first-order valence-corrected chi connectivity index (χ1v) is 11.3. The summed E-state index contributed by atoms with van der Waals surface area (Å²) >= 11 is 0. The Morgan fingerprint density at radius 1 is 0.867 bits per heavy atom. The smallest absolute Gasteiger partial charge is 0.261 e. The molecule has 0 radical (unpaired) electrons. The van der Waals surface area contributed by atoms with E-state index in [0.29, 0.717) is 56.9 Å². The molecule has 0 atom stereocenters. The highest BCUT2D eigenvalue weighted by Gasteiger charge is 2.28. The molecule has 0 spiro atoms. The van der Waals surface area contributed by atoms with E-state index < -0.39 is 10.0 Å². The molecule has 0 unspecified atom stereocenters. The molecule has 2 aromatic carbocycles. The van der Waals surface area contributed by atoms with E-state index >= 15 is 0 Å². The number of carbonyl (C=O) groups excluding carboxylic acids is 2. The van der Waals surface area contributed by atoms with Crippen molar-refractivity contribution >= 4 is 38.9 Å². The van der Waals surface area contributed by atoms with Crippen LogP contribution in [-0.4, -0.2) is 46.5 Å². The molecule has 0 bridgehead atoms. The highest BCUT2D eigenvalue weighted by Crippen LogP contribution is 2.29. The first kappa shape index (κ1) is 20.4. The van der Waals surface area contributed by atoms with Crippen molar-refractivity contribution in [2.24, 2.45) is 0 Å². The number of nitrogens with zero attached hydrogens (tertiary/aromatic N) is 2. The molecular formula is C21H23N3O5S. The highest BCUT2D eigenvalue weighted by atomic mass is 32.2. The molecular weight excluding hydrogens is 406 g/mol. The predicted octanol–water partition coefficient (Wildman–Crippen LogP) is 2.37. The standard InChI is InChI=1S/C21H23N3O5S/c25-20-6-3-7-21(26)24(20)16-8-10-17(11-9-16)30(27,28)22-18-4-1-2-5-19(18)23-12-14-29-15-13-23/h1-2,4-5,8-11,22H,3,6-7,12-15H2. The van der Waals surface area contributed by atoms with Crippen molar-refractivity contribution in [3.8, 4) is 0 Å². The van der Waals surface area contributed by atoms with Crippen molar-refractivity contribution in [1.82, 2.24) is 0 Å². The molecule has 8 nitrogen and oxygen atoms in total. The summed E-state index contributed by atoms with van der Waals surface area (Å²) in [6, 6.07) is 13.0. The highest BCUT2D eigenvalue weighted by molar-refractivity contribution is 7.92. The average molecular weight is 429 g/mol. The van der Waals surface area contributed by atoms with E-state index in [1.54, 1.807) is 12.1 Å². The summed E-state index contributed by atoms with van der Waals surface area (Å²) in [5, 5.41) is 0. The zero-order valence-electron chi connectivity index (χ0n) is 16.4. The number of piperidine rings is 1. The minimum absolute atomic E-state index is 0.0555. The number of rotatable bonds is 5. The number of nitrogens with one attached hydrogen (secondary N) is 1. The third-order valence-electron chi connectivity index (χ3n) is 5.19. The van der Waals surface area contributed by atoms with Gasteiger partial charge >= 0.3 is 0 Å². The number of morpholine rings is 1. The molecule has 0 saturated carbocycles. The van der Waals surface area contributed by atoms with Crippen molar-refractivity contribution in [3.63, 3.8) is 0 Å². The number of amides is 2. The number of anilines is 3. The van der Waals surface area contributed by atoms with E-state index in [0.717, 1.165) is 10.6 Å². The average Bonchev–Trinajstić information content (AvgIpc) is 2.75. The first-order chi connectivity index (χ1) is 14.5. The van der Waals surface area contributed by atoms with Crippen LogP contribution in [0.2, 0.25) is 0 Å². The Bertz CT molecular complexity index is 1030. The third-order valence-corrected chi connectivity index (χ3v) is 6.57. The van der Waals surface area contributed by atoms with Crippen LogP contribution < -0.4 is 14.5 Å². The van der Waals surface area contributed by atoms with Crippen LogP contribution in [0.4, 0.5) is 17.1 Å². The molecule has 2 aliphatic heterocycles. The lowest BCUT2D eigenvalue weighted by atomic mass is 10.1.